The zero-order valence-electron chi connectivity index (χ0n) is 20.5. The monoisotopic (exact) mass is 505 g/mol. The Morgan fingerprint density at radius 2 is 1.05 bits per heavy atom. The van der Waals surface area contributed by atoms with E-state index in [1.54, 1.807) is 11.3 Å². The van der Waals surface area contributed by atoms with Gasteiger partial charge >= 0.3 is 0 Å². The molecule has 2 aromatic heterocycles. The predicted molar refractivity (Wildman–Crippen MR) is 161 cm³/mol. The predicted octanol–water partition coefficient (Wildman–Crippen LogP) is 9.21. The van der Waals surface area contributed by atoms with E-state index in [4.69, 9.17) is 0 Å². The van der Waals surface area contributed by atoms with Gasteiger partial charge in [0.25, 0.3) is 5.56 Å². The molecule has 0 fully saturated rings. The molecule has 0 saturated carbocycles. The van der Waals surface area contributed by atoms with Crippen LogP contribution in [0.3, 0.4) is 0 Å². The second kappa shape index (κ2) is 9.29. The Hall–Kier alpha value is -4.73. The zero-order valence-corrected chi connectivity index (χ0v) is 21.4. The highest BCUT2D eigenvalue weighted by Gasteiger charge is 2.19. The molecule has 5 aromatic carbocycles. The lowest BCUT2D eigenvalue weighted by molar-refractivity contribution is 1.06. The molecule has 180 valence electrons. The number of pyridine rings is 1. The van der Waals surface area contributed by atoms with Crippen molar-refractivity contribution >= 4 is 32.3 Å². The van der Waals surface area contributed by atoms with Crippen molar-refractivity contribution in [2.24, 2.45) is 0 Å². The fraction of sp³-hybridized carbons (Fsp3) is 0. The topological polar surface area (TPSA) is 22.0 Å². The average Bonchev–Trinajstić information content (AvgIpc) is 3.45. The van der Waals surface area contributed by atoms with Gasteiger partial charge in [-0.3, -0.25) is 9.36 Å². The quantitative estimate of drug-likeness (QED) is 0.234. The van der Waals surface area contributed by atoms with Gasteiger partial charge in [0.05, 0.1) is 16.6 Å². The van der Waals surface area contributed by atoms with Crippen molar-refractivity contribution in [3.8, 4) is 39.1 Å². The number of hydrogen-bond donors (Lipinski definition) is 0. The van der Waals surface area contributed by atoms with Crippen molar-refractivity contribution in [2.45, 2.75) is 0 Å². The van der Waals surface area contributed by atoms with Crippen LogP contribution in [0.25, 0.3) is 60.1 Å². The molecular formula is C35H23NOS. The van der Waals surface area contributed by atoms with E-state index in [1.165, 1.54) is 0 Å². The van der Waals surface area contributed by atoms with Gasteiger partial charge in [-0.2, -0.15) is 0 Å². The van der Waals surface area contributed by atoms with Gasteiger partial charge in [-0.25, -0.2) is 0 Å². The van der Waals surface area contributed by atoms with Crippen LogP contribution in [-0.4, -0.2) is 4.57 Å². The highest BCUT2D eigenvalue weighted by Crippen LogP contribution is 2.37. The van der Waals surface area contributed by atoms with E-state index in [0.29, 0.717) is 0 Å². The first-order chi connectivity index (χ1) is 18.8. The summed E-state index contributed by atoms with van der Waals surface area (Å²) >= 11 is 1.64. The fourth-order valence-electron chi connectivity index (χ4n) is 5.27. The molecule has 0 unspecified atom stereocenters. The van der Waals surface area contributed by atoms with E-state index in [1.807, 2.05) is 47.0 Å². The maximum absolute atomic E-state index is 14.5. The molecule has 0 aliphatic carbocycles. The standard InChI is InChI=1S/C35H23NOS/c37-35-33-31(26-16-8-3-9-17-26)23-38-34(33)30-18-10-11-19-32(30)36(35)29-21-27(24-12-4-1-5-13-24)20-28(22-29)25-14-6-2-7-15-25/h1-23H. The molecule has 0 aliphatic rings. The van der Waals surface area contributed by atoms with Gasteiger partial charge in [0, 0.05) is 21.0 Å². The molecule has 3 heteroatoms. The Morgan fingerprint density at radius 1 is 0.526 bits per heavy atom. The molecule has 0 saturated heterocycles. The summed E-state index contributed by atoms with van der Waals surface area (Å²) in [6, 6.07) is 45.6. The molecule has 0 amide bonds. The van der Waals surface area contributed by atoms with E-state index in [2.05, 4.69) is 96.4 Å². The lowest BCUT2D eigenvalue weighted by atomic mass is 9.97. The third-order valence-electron chi connectivity index (χ3n) is 7.07. The van der Waals surface area contributed by atoms with Gasteiger partial charge in [-0.15, -0.1) is 11.3 Å². The number of nitrogens with zero attached hydrogens (tertiary/aromatic N) is 1. The largest absolute Gasteiger partial charge is 0.276 e. The maximum atomic E-state index is 14.5. The van der Waals surface area contributed by atoms with Crippen LogP contribution in [0.15, 0.2) is 144 Å². The molecule has 7 rings (SSSR count). The summed E-state index contributed by atoms with van der Waals surface area (Å²) in [5, 5.41) is 3.97. The Labute approximate surface area is 224 Å². The van der Waals surface area contributed by atoms with Gasteiger partial charge in [0.1, 0.15) is 0 Å². The molecule has 0 bridgehead atoms. The van der Waals surface area contributed by atoms with Gasteiger partial charge < -0.3 is 0 Å². The summed E-state index contributed by atoms with van der Waals surface area (Å²) in [5.74, 6) is 0. The van der Waals surface area contributed by atoms with E-state index in [9.17, 15) is 4.79 Å². The number of aromatic nitrogens is 1. The summed E-state index contributed by atoms with van der Waals surface area (Å²) in [5.41, 5.74) is 8.20. The van der Waals surface area contributed by atoms with Gasteiger partial charge in [-0.05, 0) is 52.1 Å². The molecule has 38 heavy (non-hydrogen) atoms. The van der Waals surface area contributed by atoms with Crippen LogP contribution in [0, 0.1) is 0 Å². The molecule has 0 radical (unpaired) electrons. The van der Waals surface area contributed by atoms with Crippen molar-refractivity contribution in [3.63, 3.8) is 0 Å². The molecule has 0 aliphatic heterocycles. The van der Waals surface area contributed by atoms with E-state index in [-0.39, 0.29) is 5.56 Å². The van der Waals surface area contributed by atoms with Crippen LogP contribution in [-0.2, 0) is 0 Å². The van der Waals surface area contributed by atoms with Crippen molar-refractivity contribution < 1.29 is 0 Å². The van der Waals surface area contributed by atoms with E-state index < -0.39 is 0 Å². The normalized spacial score (nSPS) is 11.3. The van der Waals surface area contributed by atoms with Gasteiger partial charge in [0.15, 0.2) is 0 Å². The van der Waals surface area contributed by atoms with Crippen LogP contribution in [0.1, 0.15) is 0 Å². The first-order valence-corrected chi connectivity index (χ1v) is 13.5. The number of fused-ring (bicyclic) bond motifs is 3. The lowest BCUT2D eigenvalue weighted by Gasteiger charge is -2.16. The lowest BCUT2D eigenvalue weighted by Crippen LogP contribution is -2.19. The van der Waals surface area contributed by atoms with Crippen molar-refractivity contribution in [2.75, 3.05) is 0 Å². The molecule has 0 spiro atoms. The number of benzene rings is 5. The third-order valence-corrected chi connectivity index (χ3v) is 8.09. The number of rotatable bonds is 4. The second-order valence-corrected chi connectivity index (χ2v) is 10.3. The summed E-state index contributed by atoms with van der Waals surface area (Å²) in [6.45, 7) is 0. The van der Waals surface area contributed by atoms with Crippen LogP contribution < -0.4 is 5.56 Å². The summed E-state index contributed by atoms with van der Waals surface area (Å²) in [7, 11) is 0. The molecule has 0 N–H and O–H groups in total. The third kappa shape index (κ3) is 3.76. The minimum atomic E-state index is 0.00280. The minimum Gasteiger partial charge on any atom is -0.276 e. The molecule has 0 atom stereocenters. The van der Waals surface area contributed by atoms with Crippen LogP contribution in [0.4, 0.5) is 0 Å². The fourth-order valence-corrected chi connectivity index (χ4v) is 6.38. The van der Waals surface area contributed by atoms with Crippen LogP contribution >= 0.6 is 11.3 Å². The summed E-state index contributed by atoms with van der Waals surface area (Å²) < 4.78 is 2.93. The number of para-hydroxylation sites is 1. The van der Waals surface area contributed by atoms with Gasteiger partial charge in [0.2, 0.25) is 0 Å². The minimum absolute atomic E-state index is 0.00280. The summed E-state index contributed by atoms with van der Waals surface area (Å²) in [4.78, 5) is 14.5. The highest BCUT2D eigenvalue weighted by atomic mass is 32.1. The molecule has 2 nitrogen and oxygen atoms in total. The number of thiophene rings is 1. The van der Waals surface area contributed by atoms with Crippen LogP contribution in [0.5, 0.6) is 0 Å². The second-order valence-electron chi connectivity index (χ2n) is 9.38. The zero-order chi connectivity index (χ0) is 25.5. The first kappa shape index (κ1) is 22.5. The van der Waals surface area contributed by atoms with Gasteiger partial charge in [-0.1, -0.05) is 109 Å². The van der Waals surface area contributed by atoms with Crippen molar-refractivity contribution in [1.82, 2.24) is 4.57 Å². The Balaban J connectivity index is 1.58. The van der Waals surface area contributed by atoms with Crippen molar-refractivity contribution in [3.05, 3.63) is 149 Å². The molecule has 7 aromatic rings. The molecular weight excluding hydrogens is 482 g/mol. The maximum Gasteiger partial charge on any atom is 0.264 e. The Kier molecular flexibility index (Phi) is 5.49. The highest BCUT2D eigenvalue weighted by molar-refractivity contribution is 7.18. The van der Waals surface area contributed by atoms with E-state index >= 15 is 0 Å². The molecule has 2 heterocycles. The number of hydrogen-bond acceptors (Lipinski definition) is 2. The SMILES string of the molecule is O=c1c2c(-c3ccccc3)csc2c2ccccc2n1-c1cc(-c2ccccc2)cc(-c2ccccc2)c1. The first-order valence-electron chi connectivity index (χ1n) is 12.6. The smallest absolute Gasteiger partial charge is 0.264 e. The van der Waals surface area contributed by atoms with Crippen LogP contribution in [0.2, 0.25) is 0 Å². The van der Waals surface area contributed by atoms with E-state index in [0.717, 1.165) is 60.1 Å². The Morgan fingerprint density at radius 3 is 1.66 bits per heavy atom. The average molecular weight is 506 g/mol. The Bertz CT molecular complexity index is 1910. The summed E-state index contributed by atoms with van der Waals surface area (Å²) in [6.07, 6.45) is 0. The van der Waals surface area contributed by atoms with Crippen molar-refractivity contribution in [1.29, 1.82) is 0 Å².